The Balaban J connectivity index is 2.92. The summed E-state index contributed by atoms with van der Waals surface area (Å²) in [7, 11) is 1.84. The van der Waals surface area contributed by atoms with Crippen molar-refractivity contribution < 1.29 is 0 Å². The van der Waals surface area contributed by atoms with Crippen LogP contribution in [-0.2, 0) is 7.05 Å². The normalized spacial score (nSPS) is 10.9. The molecule has 5 nitrogen and oxygen atoms in total. The van der Waals surface area contributed by atoms with Gasteiger partial charge in [-0.2, -0.15) is 0 Å². The molecule has 0 aliphatic heterocycles. The molecule has 0 saturated carbocycles. The number of imidazole rings is 1. The number of rotatable bonds is 1. The van der Waals surface area contributed by atoms with Gasteiger partial charge < -0.3 is 9.55 Å². The van der Waals surface area contributed by atoms with E-state index < -0.39 is 0 Å². The Kier molecular flexibility index (Phi) is 1.84. The van der Waals surface area contributed by atoms with E-state index in [1.54, 1.807) is 4.57 Å². The summed E-state index contributed by atoms with van der Waals surface area (Å²) in [6.45, 7) is 0. The predicted molar refractivity (Wildman–Crippen MR) is 50.9 cm³/mol. The monoisotopic (exact) mass is 196 g/mol. The maximum absolute atomic E-state index is 11.3. The number of thioether (sulfide) groups is 1. The molecule has 0 aliphatic carbocycles. The molecule has 0 radical (unpaired) electrons. The maximum Gasteiger partial charge on any atom is 0.278 e. The lowest BCUT2D eigenvalue weighted by atomic mass is 10.5. The van der Waals surface area contributed by atoms with Crippen molar-refractivity contribution in [3.63, 3.8) is 0 Å². The zero-order valence-corrected chi connectivity index (χ0v) is 8.05. The van der Waals surface area contributed by atoms with E-state index in [1.807, 2.05) is 13.3 Å². The van der Waals surface area contributed by atoms with Crippen LogP contribution in [0.3, 0.4) is 0 Å². The Hall–Kier alpha value is -1.30. The molecule has 0 bridgehead atoms. The Labute approximate surface area is 78.2 Å². The number of nitrogens with zero attached hydrogens (tertiary/aromatic N) is 3. The lowest BCUT2D eigenvalue weighted by molar-refractivity contribution is 0.807. The number of H-pyrrole nitrogens is 1. The molecule has 2 heterocycles. The van der Waals surface area contributed by atoms with Gasteiger partial charge in [0.2, 0.25) is 0 Å². The molecule has 2 rings (SSSR count). The third kappa shape index (κ3) is 1.14. The number of aromatic amines is 1. The van der Waals surface area contributed by atoms with Crippen LogP contribution in [0.15, 0.2) is 16.3 Å². The van der Waals surface area contributed by atoms with Crippen LogP contribution in [-0.4, -0.2) is 25.8 Å². The molecule has 0 amide bonds. The highest BCUT2D eigenvalue weighted by Crippen LogP contribution is 2.15. The fourth-order valence-electron chi connectivity index (χ4n) is 1.17. The van der Waals surface area contributed by atoms with Crippen LogP contribution in [0.2, 0.25) is 0 Å². The predicted octanol–water partition coefficient (Wildman–Crippen LogP) is 0.378. The molecule has 13 heavy (non-hydrogen) atoms. The minimum Gasteiger partial charge on any atom is -0.311 e. The van der Waals surface area contributed by atoms with Crippen LogP contribution in [0.4, 0.5) is 0 Å². The summed E-state index contributed by atoms with van der Waals surface area (Å²) in [6.07, 6.45) is 3.30. The molecular weight excluding hydrogens is 188 g/mol. The Morgan fingerprint density at radius 2 is 2.38 bits per heavy atom. The molecule has 1 N–H and O–H groups in total. The molecular formula is C7H8N4OS. The number of aromatic nitrogens is 4. The SMILES string of the molecule is CSc1nc2c(=O)[nH]cnc2n1C. The third-order valence-electron chi connectivity index (χ3n) is 1.80. The van der Waals surface area contributed by atoms with Crippen LogP contribution in [0.1, 0.15) is 0 Å². The Morgan fingerprint density at radius 1 is 1.62 bits per heavy atom. The molecule has 0 unspecified atom stereocenters. The molecule has 0 fully saturated rings. The van der Waals surface area contributed by atoms with Crippen molar-refractivity contribution in [3.05, 3.63) is 16.7 Å². The van der Waals surface area contributed by atoms with E-state index in [-0.39, 0.29) is 5.56 Å². The minimum atomic E-state index is -0.194. The van der Waals surface area contributed by atoms with E-state index in [0.717, 1.165) is 5.16 Å². The molecule has 0 saturated heterocycles. The third-order valence-corrected chi connectivity index (χ3v) is 2.53. The fraction of sp³-hybridized carbons (Fsp3) is 0.286. The summed E-state index contributed by atoms with van der Waals surface area (Å²) < 4.78 is 1.80. The van der Waals surface area contributed by atoms with E-state index >= 15 is 0 Å². The van der Waals surface area contributed by atoms with Crippen LogP contribution in [0.25, 0.3) is 11.2 Å². The van der Waals surface area contributed by atoms with E-state index in [0.29, 0.717) is 11.2 Å². The van der Waals surface area contributed by atoms with Gasteiger partial charge in [0.1, 0.15) is 0 Å². The number of hydrogen-bond donors (Lipinski definition) is 1. The number of aryl methyl sites for hydroxylation is 1. The van der Waals surface area contributed by atoms with E-state index in [4.69, 9.17) is 0 Å². The first-order valence-electron chi connectivity index (χ1n) is 3.68. The first-order valence-corrected chi connectivity index (χ1v) is 4.90. The highest BCUT2D eigenvalue weighted by atomic mass is 32.2. The van der Waals surface area contributed by atoms with Gasteiger partial charge in [0, 0.05) is 7.05 Å². The van der Waals surface area contributed by atoms with E-state index in [2.05, 4.69) is 15.0 Å². The van der Waals surface area contributed by atoms with Crippen molar-refractivity contribution in [1.29, 1.82) is 0 Å². The lowest BCUT2D eigenvalue weighted by Gasteiger charge is -1.94. The molecule has 6 heteroatoms. The summed E-state index contributed by atoms with van der Waals surface area (Å²) >= 11 is 1.49. The molecule has 0 spiro atoms. The topological polar surface area (TPSA) is 63.6 Å². The molecule has 68 valence electrons. The highest BCUT2D eigenvalue weighted by Gasteiger charge is 2.09. The van der Waals surface area contributed by atoms with Gasteiger partial charge in [0.15, 0.2) is 16.3 Å². The van der Waals surface area contributed by atoms with Gasteiger partial charge in [-0.15, -0.1) is 0 Å². The van der Waals surface area contributed by atoms with Gasteiger partial charge in [-0.25, -0.2) is 9.97 Å². The van der Waals surface area contributed by atoms with Gasteiger partial charge in [0.25, 0.3) is 5.56 Å². The summed E-state index contributed by atoms with van der Waals surface area (Å²) in [6, 6.07) is 0. The van der Waals surface area contributed by atoms with Crippen LogP contribution < -0.4 is 5.56 Å². The van der Waals surface area contributed by atoms with Crippen LogP contribution >= 0.6 is 11.8 Å². The first-order chi connectivity index (χ1) is 6.24. The van der Waals surface area contributed by atoms with Gasteiger partial charge in [-0.3, -0.25) is 4.79 Å². The Morgan fingerprint density at radius 3 is 3.00 bits per heavy atom. The average Bonchev–Trinajstić information content (AvgIpc) is 2.45. The summed E-state index contributed by atoms with van der Waals surface area (Å²) in [5.74, 6) is 0. The summed E-state index contributed by atoms with van der Waals surface area (Å²) in [5.41, 5.74) is 0.823. The smallest absolute Gasteiger partial charge is 0.278 e. The average molecular weight is 196 g/mol. The van der Waals surface area contributed by atoms with Crippen molar-refractivity contribution in [3.8, 4) is 0 Å². The summed E-state index contributed by atoms with van der Waals surface area (Å²) in [4.78, 5) is 22.0. The Bertz CT molecular complexity index is 501. The molecule has 0 aliphatic rings. The second kappa shape index (κ2) is 2.88. The zero-order valence-electron chi connectivity index (χ0n) is 7.24. The second-order valence-electron chi connectivity index (χ2n) is 2.56. The van der Waals surface area contributed by atoms with Crippen LogP contribution in [0, 0.1) is 0 Å². The second-order valence-corrected chi connectivity index (χ2v) is 3.33. The molecule has 0 aromatic carbocycles. The van der Waals surface area contributed by atoms with Crippen LogP contribution in [0.5, 0.6) is 0 Å². The van der Waals surface area contributed by atoms with Crippen molar-refractivity contribution in [2.24, 2.45) is 7.05 Å². The standard InChI is InChI=1S/C7H8N4OS/c1-11-5-4(10-7(11)13-2)6(12)9-3-8-5/h3H,1-2H3,(H,8,9,12). The van der Waals surface area contributed by atoms with Gasteiger partial charge >= 0.3 is 0 Å². The van der Waals surface area contributed by atoms with Gasteiger partial charge in [-0.1, -0.05) is 11.8 Å². The maximum atomic E-state index is 11.3. The van der Waals surface area contributed by atoms with Crippen molar-refractivity contribution in [2.45, 2.75) is 5.16 Å². The number of nitrogens with one attached hydrogen (secondary N) is 1. The van der Waals surface area contributed by atoms with E-state index in [9.17, 15) is 4.79 Å². The number of hydrogen-bond acceptors (Lipinski definition) is 4. The largest absolute Gasteiger partial charge is 0.311 e. The van der Waals surface area contributed by atoms with Crippen molar-refractivity contribution >= 4 is 22.9 Å². The first kappa shape index (κ1) is 8.31. The summed E-state index contributed by atoms with van der Waals surface area (Å²) in [5, 5.41) is 0.791. The number of fused-ring (bicyclic) bond motifs is 1. The lowest BCUT2D eigenvalue weighted by Crippen LogP contribution is -2.06. The van der Waals surface area contributed by atoms with Crippen molar-refractivity contribution in [1.82, 2.24) is 19.5 Å². The zero-order chi connectivity index (χ0) is 9.42. The molecule has 2 aromatic heterocycles. The van der Waals surface area contributed by atoms with Crippen molar-refractivity contribution in [2.75, 3.05) is 6.26 Å². The fourth-order valence-corrected chi connectivity index (χ4v) is 1.72. The molecule has 0 atom stereocenters. The van der Waals surface area contributed by atoms with Gasteiger partial charge in [-0.05, 0) is 6.26 Å². The van der Waals surface area contributed by atoms with Gasteiger partial charge in [0.05, 0.1) is 6.33 Å². The molecule has 2 aromatic rings. The highest BCUT2D eigenvalue weighted by molar-refractivity contribution is 7.98. The quantitative estimate of drug-likeness (QED) is 0.670. The van der Waals surface area contributed by atoms with E-state index in [1.165, 1.54) is 18.1 Å². The minimum absolute atomic E-state index is 0.194.